The molecule has 0 aliphatic carbocycles. The van der Waals surface area contributed by atoms with Crippen LogP contribution in [0.3, 0.4) is 0 Å². The molecule has 0 fully saturated rings. The van der Waals surface area contributed by atoms with Gasteiger partial charge in [-0.05, 0) is 16.3 Å². The number of amides is 1. The SMILES string of the molecule is CC(C)(C)C(=O)NC(Cc1ccc2ccccc2c1)C(=O)O. The largest absolute Gasteiger partial charge is 0.480 e. The molecule has 22 heavy (non-hydrogen) atoms. The van der Waals surface area contributed by atoms with Crippen LogP contribution in [0, 0.1) is 5.41 Å². The van der Waals surface area contributed by atoms with Crippen LogP contribution in [-0.2, 0) is 16.0 Å². The maximum atomic E-state index is 12.0. The summed E-state index contributed by atoms with van der Waals surface area (Å²) in [5, 5.41) is 14.1. The zero-order valence-electron chi connectivity index (χ0n) is 13.1. The van der Waals surface area contributed by atoms with Crippen LogP contribution in [0.5, 0.6) is 0 Å². The van der Waals surface area contributed by atoms with Gasteiger partial charge in [-0.3, -0.25) is 4.79 Å². The number of fused-ring (bicyclic) bond motifs is 1. The van der Waals surface area contributed by atoms with Crippen molar-refractivity contribution in [2.75, 3.05) is 0 Å². The van der Waals surface area contributed by atoms with Gasteiger partial charge in [-0.25, -0.2) is 4.79 Å². The number of carbonyl (C=O) groups is 2. The molecule has 0 heterocycles. The molecule has 1 atom stereocenters. The molecule has 0 radical (unpaired) electrons. The highest BCUT2D eigenvalue weighted by atomic mass is 16.4. The minimum Gasteiger partial charge on any atom is -0.480 e. The van der Waals surface area contributed by atoms with Crippen LogP contribution in [0.1, 0.15) is 26.3 Å². The van der Waals surface area contributed by atoms with Gasteiger partial charge >= 0.3 is 5.97 Å². The number of aliphatic carboxylic acids is 1. The van der Waals surface area contributed by atoms with Gasteiger partial charge in [0.2, 0.25) is 5.91 Å². The predicted octanol–water partition coefficient (Wildman–Crippen LogP) is 3.00. The Morgan fingerprint density at radius 2 is 1.73 bits per heavy atom. The van der Waals surface area contributed by atoms with Crippen molar-refractivity contribution in [3.05, 3.63) is 48.0 Å². The average molecular weight is 299 g/mol. The van der Waals surface area contributed by atoms with Crippen LogP contribution >= 0.6 is 0 Å². The minimum absolute atomic E-state index is 0.263. The Morgan fingerprint density at radius 1 is 1.09 bits per heavy atom. The molecule has 0 bridgehead atoms. The van der Waals surface area contributed by atoms with Crippen LogP contribution in [0.2, 0.25) is 0 Å². The molecule has 2 aromatic carbocycles. The van der Waals surface area contributed by atoms with Crippen molar-refractivity contribution in [2.24, 2.45) is 5.41 Å². The number of nitrogens with one attached hydrogen (secondary N) is 1. The van der Waals surface area contributed by atoms with Crippen molar-refractivity contribution in [1.82, 2.24) is 5.32 Å². The summed E-state index contributed by atoms with van der Waals surface area (Å²) in [6.07, 6.45) is 0.266. The van der Waals surface area contributed by atoms with Crippen LogP contribution in [-0.4, -0.2) is 23.0 Å². The third-order valence-corrected chi connectivity index (χ3v) is 3.54. The van der Waals surface area contributed by atoms with Crippen LogP contribution < -0.4 is 5.32 Å². The molecule has 0 saturated heterocycles. The molecule has 116 valence electrons. The van der Waals surface area contributed by atoms with E-state index < -0.39 is 17.4 Å². The fourth-order valence-electron chi connectivity index (χ4n) is 2.18. The third-order valence-electron chi connectivity index (χ3n) is 3.54. The van der Waals surface area contributed by atoms with Gasteiger partial charge in [0.1, 0.15) is 6.04 Å². The number of hydrogen-bond donors (Lipinski definition) is 2. The maximum absolute atomic E-state index is 12.0. The Balaban J connectivity index is 2.19. The fraction of sp³-hybridized carbons (Fsp3) is 0.333. The topological polar surface area (TPSA) is 66.4 Å². The van der Waals surface area contributed by atoms with Crippen molar-refractivity contribution < 1.29 is 14.7 Å². The molecule has 1 unspecified atom stereocenters. The lowest BCUT2D eigenvalue weighted by Gasteiger charge is -2.22. The summed E-state index contributed by atoms with van der Waals surface area (Å²) < 4.78 is 0. The van der Waals surface area contributed by atoms with Gasteiger partial charge in [0.05, 0.1) is 0 Å². The highest BCUT2D eigenvalue weighted by molar-refractivity contribution is 5.87. The van der Waals surface area contributed by atoms with E-state index in [0.29, 0.717) is 0 Å². The number of hydrogen-bond acceptors (Lipinski definition) is 2. The lowest BCUT2D eigenvalue weighted by atomic mass is 9.94. The van der Waals surface area contributed by atoms with Gasteiger partial charge in [-0.1, -0.05) is 63.2 Å². The number of benzene rings is 2. The quantitative estimate of drug-likeness (QED) is 0.912. The van der Waals surface area contributed by atoms with Crippen molar-refractivity contribution in [1.29, 1.82) is 0 Å². The van der Waals surface area contributed by atoms with E-state index in [9.17, 15) is 14.7 Å². The molecule has 0 aliphatic rings. The van der Waals surface area contributed by atoms with Gasteiger partial charge in [0.25, 0.3) is 0 Å². The molecule has 0 aromatic heterocycles. The Kier molecular flexibility index (Phi) is 4.50. The molecule has 0 saturated carbocycles. The van der Waals surface area contributed by atoms with E-state index in [4.69, 9.17) is 0 Å². The van der Waals surface area contributed by atoms with Crippen LogP contribution in [0.15, 0.2) is 42.5 Å². The molecule has 0 spiro atoms. The van der Waals surface area contributed by atoms with E-state index >= 15 is 0 Å². The van der Waals surface area contributed by atoms with Gasteiger partial charge in [-0.2, -0.15) is 0 Å². The second kappa shape index (κ2) is 6.18. The van der Waals surface area contributed by atoms with Crippen molar-refractivity contribution in [3.8, 4) is 0 Å². The molecular formula is C18H21NO3. The zero-order valence-corrected chi connectivity index (χ0v) is 13.1. The molecule has 2 aromatic rings. The first-order chi connectivity index (χ1) is 10.3. The monoisotopic (exact) mass is 299 g/mol. The summed E-state index contributed by atoms with van der Waals surface area (Å²) in [7, 11) is 0. The Morgan fingerprint density at radius 3 is 2.32 bits per heavy atom. The second-order valence-corrected chi connectivity index (χ2v) is 6.50. The maximum Gasteiger partial charge on any atom is 0.326 e. The van der Waals surface area contributed by atoms with E-state index in [-0.39, 0.29) is 12.3 Å². The van der Waals surface area contributed by atoms with E-state index in [1.165, 1.54) is 0 Å². The number of rotatable bonds is 4. The smallest absolute Gasteiger partial charge is 0.326 e. The average Bonchev–Trinajstić information content (AvgIpc) is 2.45. The molecule has 2 rings (SSSR count). The molecule has 4 heteroatoms. The highest BCUT2D eigenvalue weighted by Crippen LogP contribution is 2.18. The summed E-state index contributed by atoms with van der Waals surface area (Å²) in [6, 6.07) is 12.8. The molecule has 1 amide bonds. The second-order valence-electron chi connectivity index (χ2n) is 6.50. The summed E-state index contributed by atoms with van der Waals surface area (Å²) in [5.41, 5.74) is 0.275. The standard InChI is InChI=1S/C18H21NO3/c1-18(2,3)17(22)19-15(16(20)21)11-12-8-9-13-6-4-5-7-14(13)10-12/h4-10,15H,11H2,1-3H3,(H,19,22)(H,20,21). The lowest BCUT2D eigenvalue weighted by molar-refractivity contribution is -0.143. The van der Waals surface area contributed by atoms with Crippen LogP contribution in [0.25, 0.3) is 10.8 Å². The Labute approximate surface area is 130 Å². The summed E-state index contributed by atoms with van der Waals surface area (Å²) in [5.74, 6) is -1.29. The Hall–Kier alpha value is -2.36. The summed E-state index contributed by atoms with van der Waals surface area (Å²) in [6.45, 7) is 5.28. The van der Waals surface area contributed by atoms with Gasteiger partial charge < -0.3 is 10.4 Å². The number of carboxylic acid groups (broad SMARTS) is 1. The normalized spacial score (nSPS) is 12.9. The van der Waals surface area contributed by atoms with E-state index in [0.717, 1.165) is 16.3 Å². The van der Waals surface area contributed by atoms with Crippen LogP contribution in [0.4, 0.5) is 0 Å². The molecule has 2 N–H and O–H groups in total. The molecule has 0 aliphatic heterocycles. The van der Waals surface area contributed by atoms with Crippen molar-refractivity contribution in [3.63, 3.8) is 0 Å². The minimum atomic E-state index is -1.02. The third kappa shape index (κ3) is 3.85. The fourth-order valence-corrected chi connectivity index (χ4v) is 2.18. The van der Waals surface area contributed by atoms with Crippen molar-refractivity contribution in [2.45, 2.75) is 33.2 Å². The Bertz CT molecular complexity index is 701. The van der Waals surface area contributed by atoms with Gasteiger partial charge in [-0.15, -0.1) is 0 Å². The first kappa shape index (κ1) is 16.0. The molecule has 4 nitrogen and oxygen atoms in total. The predicted molar refractivity (Wildman–Crippen MR) is 86.7 cm³/mol. The number of carboxylic acids is 1. The van der Waals surface area contributed by atoms with Crippen molar-refractivity contribution >= 4 is 22.6 Å². The summed E-state index contributed by atoms with van der Waals surface area (Å²) >= 11 is 0. The van der Waals surface area contributed by atoms with Gasteiger partial charge in [0.15, 0.2) is 0 Å². The summed E-state index contributed by atoms with van der Waals surface area (Å²) in [4.78, 5) is 23.4. The van der Waals surface area contributed by atoms with E-state index in [2.05, 4.69) is 5.32 Å². The van der Waals surface area contributed by atoms with Gasteiger partial charge in [0, 0.05) is 11.8 Å². The number of carbonyl (C=O) groups excluding carboxylic acids is 1. The highest BCUT2D eigenvalue weighted by Gasteiger charge is 2.27. The van der Waals surface area contributed by atoms with E-state index in [1.54, 1.807) is 20.8 Å². The molecular weight excluding hydrogens is 278 g/mol. The zero-order chi connectivity index (χ0) is 16.3. The lowest BCUT2D eigenvalue weighted by Crippen LogP contribution is -2.46. The first-order valence-corrected chi connectivity index (χ1v) is 7.29. The van der Waals surface area contributed by atoms with E-state index in [1.807, 2.05) is 42.5 Å². The first-order valence-electron chi connectivity index (χ1n) is 7.29.